The number of benzene rings is 2. The zero-order chi connectivity index (χ0) is 19.4. The van der Waals surface area contributed by atoms with Crippen molar-refractivity contribution in [2.24, 2.45) is 0 Å². The summed E-state index contributed by atoms with van der Waals surface area (Å²) in [7, 11) is -2.22. The van der Waals surface area contributed by atoms with Crippen molar-refractivity contribution in [3.8, 4) is 5.75 Å². The molecule has 0 aliphatic carbocycles. The van der Waals surface area contributed by atoms with Crippen molar-refractivity contribution in [2.45, 2.75) is 11.8 Å². The van der Waals surface area contributed by atoms with Gasteiger partial charge in [0, 0.05) is 11.8 Å². The van der Waals surface area contributed by atoms with Crippen molar-refractivity contribution in [1.29, 1.82) is 0 Å². The van der Waals surface area contributed by atoms with E-state index in [9.17, 15) is 13.2 Å². The Morgan fingerprint density at radius 3 is 2.56 bits per heavy atom. The van der Waals surface area contributed by atoms with Crippen LogP contribution in [0.5, 0.6) is 5.75 Å². The predicted molar refractivity (Wildman–Crippen MR) is 105 cm³/mol. The SMILES string of the molecule is COc1cccc(NC(=O)c2sc(NS(=O)(=O)c3ccccc3)nc2C)c1. The van der Waals surface area contributed by atoms with Crippen LogP contribution < -0.4 is 14.8 Å². The number of aromatic nitrogens is 1. The molecule has 0 aliphatic rings. The lowest BCUT2D eigenvalue weighted by molar-refractivity contribution is 0.103. The highest BCUT2D eigenvalue weighted by Crippen LogP contribution is 2.26. The number of methoxy groups -OCH3 is 1. The smallest absolute Gasteiger partial charge is 0.267 e. The zero-order valence-corrected chi connectivity index (χ0v) is 16.2. The third kappa shape index (κ3) is 4.44. The van der Waals surface area contributed by atoms with E-state index in [-0.39, 0.29) is 15.9 Å². The first-order valence-corrected chi connectivity index (χ1v) is 10.2. The van der Waals surface area contributed by atoms with Crippen molar-refractivity contribution < 1.29 is 17.9 Å². The molecule has 0 aliphatic heterocycles. The molecule has 9 heteroatoms. The van der Waals surface area contributed by atoms with E-state index in [1.807, 2.05) is 0 Å². The maximum absolute atomic E-state index is 12.5. The van der Waals surface area contributed by atoms with E-state index in [1.54, 1.807) is 56.5 Å². The number of sulfonamides is 1. The Bertz CT molecular complexity index is 1060. The van der Waals surface area contributed by atoms with E-state index in [1.165, 1.54) is 12.1 Å². The van der Waals surface area contributed by atoms with Gasteiger partial charge in [-0.05, 0) is 31.2 Å². The number of nitrogens with one attached hydrogen (secondary N) is 2. The maximum atomic E-state index is 12.5. The van der Waals surface area contributed by atoms with E-state index in [4.69, 9.17) is 4.74 Å². The first kappa shape index (κ1) is 18.9. The molecule has 3 aromatic rings. The minimum Gasteiger partial charge on any atom is -0.497 e. The van der Waals surface area contributed by atoms with Crippen LogP contribution in [0.2, 0.25) is 0 Å². The average Bonchev–Trinajstić information content (AvgIpc) is 3.02. The summed E-state index contributed by atoms with van der Waals surface area (Å²) in [5.41, 5.74) is 1.00. The second kappa shape index (κ2) is 7.77. The highest BCUT2D eigenvalue weighted by molar-refractivity contribution is 7.93. The molecule has 27 heavy (non-hydrogen) atoms. The molecule has 0 atom stereocenters. The molecule has 0 bridgehead atoms. The van der Waals surface area contributed by atoms with Crippen LogP contribution in [0, 0.1) is 6.92 Å². The lowest BCUT2D eigenvalue weighted by Crippen LogP contribution is -2.12. The molecule has 1 aromatic heterocycles. The number of anilines is 2. The summed E-state index contributed by atoms with van der Waals surface area (Å²) in [5, 5.41) is 2.89. The van der Waals surface area contributed by atoms with Gasteiger partial charge in [-0.1, -0.05) is 35.6 Å². The average molecular weight is 403 g/mol. The van der Waals surface area contributed by atoms with Crippen LogP contribution in [0.15, 0.2) is 59.5 Å². The van der Waals surface area contributed by atoms with Crippen molar-refractivity contribution in [3.05, 3.63) is 65.2 Å². The summed E-state index contributed by atoms with van der Waals surface area (Å²) in [6, 6.07) is 14.9. The molecule has 0 spiro atoms. The Balaban J connectivity index is 1.78. The monoisotopic (exact) mass is 403 g/mol. The summed E-state index contributed by atoms with van der Waals surface area (Å²) in [5.74, 6) is 0.244. The van der Waals surface area contributed by atoms with Crippen molar-refractivity contribution in [2.75, 3.05) is 17.1 Å². The molecular weight excluding hydrogens is 386 g/mol. The Labute approximate surface area is 161 Å². The molecule has 3 rings (SSSR count). The number of aryl methyl sites for hydroxylation is 1. The number of carbonyl (C=O) groups excluding carboxylic acids is 1. The molecular formula is C18H17N3O4S2. The largest absolute Gasteiger partial charge is 0.497 e. The second-order valence-corrected chi connectivity index (χ2v) is 8.22. The fourth-order valence-corrected chi connectivity index (χ4v) is 4.43. The van der Waals surface area contributed by atoms with Crippen LogP contribution in [-0.2, 0) is 10.0 Å². The summed E-state index contributed by atoms with van der Waals surface area (Å²) < 4.78 is 32.3. The number of carbonyl (C=O) groups is 1. The normalized spacial score (nSPS) is 11.0. The van der Waals surface area contributed by atoms with Crippen LogP contribution in [0.25, 0.3) is 0 Å². The zero-order valence-electron chi connectivity index (χ0n) is 14.6. The Hall–Kier alpha value is -2.91. The number of hydrogen-bond acceptors (Lipinski definition) is 6. The molecule has 2 aromatic carbocycles. The van der Waals surface area contributed by atoms with Gasteiger partial charge >= 0.3 is 0 Å². The molecule has 2 N–H and O–H groups in total. The van der Waals surface area contributed by atoms with E-state index in [0.717, 1.165) is 11.3 Å². The highest BCUT2D eigenvalue weighted by Gasteiger charge is 2.20. The fraction of sp³-hybridized carbons (Fsp3) is 0.111. The minimum absolute atomic E-state index is 0.125. The van der Waals surface area contributed by atoms with Crippen LogP contribution >= 0.6 is 11.3 Å². The van der Waals surface area contributed by atoms with Gasteiger partial charge < -0.3 is 10.1 Å². The lowest BCUT2D eigenvalue weighted by atomic mass is 10.3. The maximum Gasteiger partial charge on any atom is 0.267 e. The number of amides is 1. The van der Waals surface area contributed by atoms with Crippen LogP contribution in [0.3, 0.4) is 0 Å². The van der Waals surface area contributed by atoms with Crippen LogP contribution in [0.4, 0.5) is 10.8 Å². The Morgan fingerprint density at radius 2 is 1.85 bits per heavy atom. The highest BCUT2D eigenvalue weighted by atomic mass is 32.2. The lowest BCUT2D eigenvalue weighted by Gasteiger charge is -2.06. The van der Waals surface area contributed by atoms with Crippen molar-refractivity contribution >= 4 is 38.1 Å². The van der Waals surface area contributed by atoms with Crippen LogP contribution in [-0.4, -0.2) is 26.4 Å². The third-order valence-electron chi connectivity index (χ3n) is 3.61. The van der Waals surface area contributed by atoms with Gasteiger partial charge in [-0.2, -0.15) is 0 Å². The Kier molecular flexibility index (Phi) is 5.43. The molecule has 1 heterocycles. The van der Waals surface area contributed by atoms with Gasteiger partial charge in [-0.15, -0.1) is 0 Å². The molecule has 0 unspecified atom stereocenters. The summed E-state index contributed by atoms with van der Waals surface area (Å²) >= 11 is 0.974. The van der Waals surface area contributed by atoms with Crippen molar-refractivity contribution in [3.63, 3.8) is 0 Å². The van der Waals surface area contributed by atoms with Gasteiger partial charge in [0.25, 0.3) is 15.9 Å². The molecule has 0 fully saturated rings. The summed E-state index contributed by atoms with van der Waals surface area (Å²) in [6.45, 7) is 1.65. The molecule has 0 saturated carbocycles. The van der Waals surface area contributed by atoms with E-state index in [0.29, 0.717) is 22.0 Å². The Morgan fingerprint density at radius 1 is 1.11 bits per heavy atom. The number of rotatable bonds is 6. The van der Waals surface area contributed by atoms with E-state index >= 15 is 0 Å². The fourth-order valence-electron chi connectivity index (χ4n) is 2.31. The topological polar surface area (TPSA) is 97.4 Å². The van der Waals surface area contributed by atoms with E-state index in [2.05, 4.69) is 15.0 Å². The van der Waals surface area contributed by atoms with Gasteiger partial charge in [0.05, 0.1) is 17.7 Å². The second-order valence-electron chi connectivity index (χ2n) is 5.54. The van der Waals surface area contributed by atoms with Gasteiger partial charge in [0.15, 0.2) is 5.13 Å². The third-order valence-corrected chi connectivity index (χ3v) is 6.16. The molecule has 0 radical (unpaired) electrons. The number of ether oxygens (including phenoxy) is 1. The molecule has 1 amide bonds. The van der Waals surface area contributed by atoms with Gasteiger partial charge in [-0.3, -0.25) is 9.52 Å². The molecule has 0 saturated heterocycles. The minimum atomic E-state index is -3.76. The standard InChI is InChI=1S/C18H17N3O4S2/c1-12-16(17(22)20-13-7-6-8-14(11-13)25-2)26-18(19-12)21-27(23,24)15-9-4-3-5-10-15/h3-11H,1-2H3,(H,19,21)(H,20,22). The van der Waals surface area contributed by atoms with Crippen molar-refractivity contribution in [1.82, 2.24) is 4.98 Å². The number of nitrogens with zero attached hydrogens (tertiary/aromatic N) is 1. The van der Waals surface area contributed by atoms with Crippen LogP contribution in [0.1, 0.15) is 15.4 Å². The van der Waals surface area contributed by atoms with E-state index < -0.39 is 10.0 Å². The molecule has 140 valence electrons. The summed E-state index contributed by atoms with van der Waals surface area (Å²) in [6.07, 6.45) is 0. The first-order valence-electron chi connectivity index (χ1n) is 7.90. The first-order chi connectivity index (χ1) is 12.9. The number of thiazole rings is 1. The van der Waals surface area contributed by atoms with Gasteiger partial charge in [-0.25, -0.2) is 13.4 Å². The molecule has 7 nitrogen and oxygen atoms in total. The predicted octanol–water partition coefficient (Wildman–Crippen LogP) is 3.51. The number of hydrogen-bond donors (Lipinski definition) is 2. The quantitative estimate of drug-likeness (QED) is 0.656. The van der Waals surface area contributed by atoms with Gasteiger partial charge in [0.1, 0.15) is 10.6 Å². The van der Waals surface area contributed by atoms with Gasteiger partial charge in [0.2, 0.25) is 0 Å². The summed E-state index contributed by atoms with van der Waals surface area (Å²) in [4.78, 5) is 17.1.